The minimum atomic E-state index is -0.182. The fourth-order valence-corrected chi connectivity index (χ4v) is 1.97. The van der Waals surface area contributed by atoms with E-state index in [1.165, 1.54) is 6.42 Å². The van der Waals surface area contributed by atoms with Gasteiger partial charge in [0.05, 0.1) is 6.10 Å². The summed E-state index contributed by atoms with van der Waals surface area (Å²) >= 11 is 0. The summed E-state index contributed by atoms with van der Waals surface area (Å²) in [5.74, 6) is 0.674. The molecule has 0 saturated heterocycles. The van der Waals surface area contributed by atoms with Gasteiger partial charge in [-0.3, -0.25) is 0 Å². The average molecular weight is 168 g/mol. The van der Waals surface area contributed by atoms with Crippen LogP contribution in [0.15, 0.2) is 12.2 Å². The van der Waals surface area contributed by atoms with Gasteiger partial charge >= 0.3 is 0 Å². The fraction of sp³-hybridized carbons (Fsp3) is 0.818. The highest BCUT2D eigenvalue weighted by atomic mass is 16.3. The number of aliphatic hydroxyl groups excluding tert-OH is 1. The largest absolute Gasteiger partial charge is 0.392 e. The lowest BCUT2D eigenvalue weighted by atomic mass is 9.67. The lowest BCUT2D eigenvalue weighted by molar-refractivity contribution is 0.00682. The first-order valence-corrected chi connectivity index (χ1v) is 4.81. The summed E-state index contributed by atoms with van der Waals surface area (Å²) in [6.07, 6.45) is 3.06. The van der Waals surface area contributed by atoms with Gasteiger partial charge in [-0.2, -0.15) is 0 Å². The monoisotopic (exact) mass is 168 g/mol. The van der Waals surface area contributed by atoms with Crippen molar-refractivity contribution in [2.75, 3.05) is 0 Å². The summed E-state index contributed by atoms with van der Waals surface area (Å²) in [7, 11) is 0. The second-order valence-corrected chi connectivity index (χ2v) is 4.59. The van der Waals surface area contributed by atoms with Gasteiger partial charge in [0.2, 0.25) is 0 Å². The molecule has 0 spiro atoms. The molecule has 12 heavy (non-hydrogen) atoms. The minimum Gasteiger partial charge on any atom is -0.392 e. The SMILES string of the molecule is C=C(C)[C@@]1(C)CC[C@@H](C)CC1O. The van der Waals surface area contributed by atoms with Crippen LogP contribution in [0.4, 0.5) is 0 Å². The van der Waals surface area contributed by atoms with E-state index in [9.17, 15) is 5.11 Å². The van der Waals surface area contributed by atoms with Crippen molar-refractivity contribution in [3.63, 3.8) is 0 Å². The molecule has 1 N–H and O–H groups in total. The highest BCUT2D eigenvalue weighted by Crippen LogP contribution is 2.43. The standard InChI is InChI=1S/C11H20O/c1-8(2)11(4)6-5-9(3)7-10(11)12/h9-10,12H,1,5-7H2,2-4H3/t9-,10?,11-/m1/s1. The van der Waals surface area contributed by atoms with Crippen LogP contribution in [0.5, 0.6) is 0 Å². The van der Waals surface area contributed by atoms with Crippen LogP contribution < -0.4 is 0 Å². The van der Waals surface area contributed by atoms with E-state index < -0.39 is 0 Å². The Hall–Kier alpha value is -0.300. The van der Waals surface area contributed by atoms with Crippen LogP contribution >= 0.6 is 0 Å². The van der Waals surface area contributed by atoms with E-state index in [2.05, 4.69) is 20.4 Å². The van der Waals surface area contributed by atoms with E-state index >= 15 is 0 Å². The summed E-state index contributed by atoms with van der Waals surface area (Å²) in [6, 6.07) is 0. The molecule has 1 unspecified atom stereocenters. The number of aliphatic hydroxyl groups is 1. The van der Waals surface area contributed by atoms with Gasteiger partial charge in [-0.05, 0) is 32.1 Å². The van der Waals surface area contributed by atoms with Crippen molar-refractivity contribution in [3.8, 4) is 0 Å². The Balaban J connectivity index is 2.72. The molecule has 1 saturated carbocycles. The molecule has 0 aliphatic heterocycles. The van der Waals surface area contributed by atoms with Crippen molar-refractivity contribution in [2.24, 2.45) is 11.3 Å². The fourth-order valence-electron chi connectivity index (χ4n) is 1.97. The lowest BCUT2D eigenvalue weighted by Crippen LogP contribution is -2.38. The van der Waals surface area contributed by atoms with Gasteiger partial charge in [-0.15, -0.1) is 0 Å². The summed E-state index contributed by atoms with van der Waals surface area (Å²) in [4.78, 5) is 0. The van der Waals surface area contributed by atoms with Crippen molar-refractivity contribution < 1.29 is 5.11 Å². The van der Waals surface area contributed by atoms with Crippen molar-refractivity contribution >= 4 is 0 Å². The molecule has 0 aromatic carbocycles. The van der Waals surface area contributed by atoms with Crippen molar-refractivity contribution in [3.05, 3.63) is 12.2 Å². The Labute approximate surface area is 75.5 Å². The first-order chi connectivity index (χ1) is 5.47. The zero-order valence-electron chi connectivity index (χ0n) is 8.43. The predicted octanol–water partition coefficient (Wildman–Crippen LogP) is 2.75. The van der Waals surface area contributed by atoms with E-state index in [1.54, 1.807) is 0 Å². The van der Waals surface area contributed by atoms with Crippen LogP contribution in [0.25, 0.3) is 0 Å². The average Bonchev–Trinajstić information content (AvgIpc) is 1.97. The van der Waals surface area contributed by atoms with E-state index in [0.29, 0.717) is 5.92 Å². The van der Waals surface area contributed by atoms with Crippen LogP contribution in [0.3, 0.4) is 0 Å². The Morgan fingerprint density at radius 1 is 1.58 bits per heavy atom. The van der Waals surface area contributed by atoms with Crippen LogP contribution in [0, 0.1) is 11.3 Å². The molecule has 0 aromatic rings. The predicted molar refractivity (Wildman–Crippen MR) is 51.9 cm³/mol. The van der Waals surface area contributed by atoms with Crippen LogP contribution in [-0.4, -0.2) is 11.2 Å². The van der Waals surface area contributed by atoms with Gasteiger partial charge in [-0.1, -0.05) is 26.0 Å². The third kappa shape index (κ3) is 1.56. The molecule has 1 rings (SSSR count). The van der Waals surface area contributed by atoms with Gasteiger partial charge in [0.25, 0.3) is 0 Å². The topological polar surface area (TPSA) is 20.2 Å². The molecule has 1 nitrogen and oxygen atoms in total. The molecule has 1 heteroatoms. The molecular weight excluding hydrogens is 148 g/mol. The van der Waals surface area contributed by atoms with Crippen LogP contribution in [-0.2, 0) is 0 Å². The normalized spacial score (nSPS) is 42.7. The Morgan fingerprint density at radius 2 is 2.17 bits per heavy atom. The Kier molecular flexibility index (Phi) is 2.62. The van der Waals surface area contributed by atoms with Gasteiger partial charge < -0.3 is 5.11 Å². The van der Waals surface area contributed by atoms with Crippen molar-refractivity contribution in [1.29, 1.82) is 0 Å². The zero-order valence-corrected chi connectivity index (χ0v) is 8.43. The molecule has 0 bridgehead atoms. The van der Waals surface area contributed by atoms with Crippen molar-refractivity contribution in [1.82, 2.24) is 0 Å². The summed E-state index contributed by atoms with van der Waals surface area (Å²) in [5, 5.41) is 9.91. The van der Waals surface area contributed by atoms with E-state index in [-0.39, 0.29) is 11.5 Å². The highest BCUT2D eigenvalue weighted by Gasteiger charge is 2.38. The maximum Gasteiger partial charge on any atom is 0.0633 e. The smallest absolute Gasteiger partial charge is 0.0633 e. The molecule has 0 heterocycles. The number of hydrogen-bond donors (Lipinski definition) is 1. The second-order valence-electron chi connectivity index (χ2n) is 4.59. The third-order valence-electron chi connectivity index (χ3n) is 3.49. The zero-order chi connectivity index (χ0) is 9.35. The molecule has 3 atom stereocenters. The summed E-state index contributed by atoms with van der Waals surface area (Å²) in [6.45, 7) is 10.3. The van der Waals surface area contributed by atoms with Gasteiger partial charge in [0.15, 0.2) is 0 Å². The molecule has 0 amide bonds. The lowest BCUT2D eigenvalue weighted by Gasteiger charge is -2.41. The first-order valence-electron chi connectivity index (χ1n) is 4.81. The summed E-state index contributed by atoms with van der Waals surface area (Å²) < 4.78 is 0. The molecule has 1 aliphatic rings. The molecule has 0 aromatic heterocycles. The first kappa shape index (κ1) is 9.79. The van der Waals surface area contributed by atoms with Gasteiger partial charge in [0, 0.05) is 5.41 Å². The Morgan fingerprint density at radius 3 is 2.58 bits per heavy atom. The van der Waals surface area contributed by atoms with Crippen LogP contribution in [0.1, 0.15) is 40.0 Å². The molecule has 0 radical (unpaired) electrons. The highest BCUT2D eigenvalue weighted by molar-refractivity contribution is 5.10. The maximum atomic E-state index is 9.91. The number of rotatable bonds is 1. The molecular formula is C11H20O. The van der Waals surface area contributed by atoms with E-state index in [4.69, 9.17) is 0 Å². The quantitative estimate of drug-likeness (QED) is 0.597. The summed E-state index contributed by atoms with van der Waals surface area (Å²) in [5.41, 5.74) is 1.11. The molecule has 1 fully saturated rings. The minimum absolute atomic E-state index is 0.0213. The Bertz CT molecular complexity index is 185. The number of hydrogen-bond acceptors (Lipinski definition) is 1. The maximum absolute atomic E-state index is 9.91. The van der Waals surface area contributed by atoms with Gasteiger partial charge in [0.1, 0.15) is 0 Å². The molecule has 1 aliphatic carbocycles. The molecule has 70 valence electrons. The van der Waals surface area contributed by atoms with Crippen LogP contribution in [0.2, 0.25) is 0 Å². The van der Waals surface area contributed by atoms with Crippen molar-refractivity contribution in [2.45, 2.75) is 46.1 Å². The third-order valence-corrected chi connectivity index (χ3v) is 3.49. The van der Waals surface area contributed by atoms with E-state index in [0.717, 1.165) is 18.4 Å². The van der Waals surface area contributed by atoms with E-state index in [1.807, 2.05) is 6.92 Å². The van der Waals surface area contributed by atoms with Gasteiger partial charge in [-0.25, -0.2) is 0 Å². The second kappa shape index (κ2) is 3.21.